The van der Waals surface area contributed by atoms with Gasteiger partial charge in [0.05, 0.1) is 12.2 Å². The van der Waals surface area contributed by atoms with Crippen molar-refractivity contribution in [1.82, 2.24) is 9.80 Å². The highest BCUT2D eigenvalue weighted by atomic mass is 16.5. The number of ether oxygens (including phenoxy) is 1. The van der Waals surface area contributed by atoms with E-state index in [1.807, 2.05) is 18.2 Å². The second kappa shape index (κ2) is 12.5. The second-order valence-corrected chi connectivity index (χ2v) is 10.2. The van der Waals surface area contributed by atoms with Crippen LogP contribution in [0, 0.1) is 5.41 Å². The van der Waals surface area contributed by atoms with Gasteiger partial charge in [-0.1, -0.05) is 68.4 Å². The summed E-state index contributed by atoms with van der Waals surface area (Å²) in [7, 11) is 4.28. The van der Waals surface area contributed by atoms with Crippen LogP contribution in [0.3, 0.4) is 0 Å². The lowest BCUT2D eigenvalue weighted by Crippen LogP contribution is -2.39. The van der Waals surface area contributed by atoms with Crippen LogP contribution in [0.25, 0.3) is 0 Å². The van der Waals surface area contributed by atoms with Gasteiger partial charge in [-0.15, -0.1) is 0 Å². The first kappa shape index (κ1) is 26.5. The number of nitrogens with zero attached hydrogens (tertiary/aromatic N) is 2. The Bertz CT molecular complexity index is 1050. The third kappa shape index (κ3) is 9.19. The standard InChI is InChI=1S/C30H38N2O3/c1-30(2,22-31(3)20-25-10-14-27(15-11-25)29(33)34)23-32(4)21-26-12-16-28(17-13-26)35-19-18-24-8-6-5-7-9-24/h5-17H,18-23H2,1-4H3,(H,33,34). The Morgan fingerprint density at radius 3 is 1.80 bits per heavy atom. The minimum atomic E-state index is -0.890. The van der Waals surface area contributed by atoms with Crippen LogP contribution in [0.4, 0.5) is 0 Å². The topological polar surface area (TPSA) is 53.0 Å². The van der Waals surface area contributed by atoms with E-state index in [-0.39, 0.29) is 5.41 Å². The molecule has 0 atom stereocenters. The molecule has 1 N–H and O–H groups in total. The van der Waals surface area contributed by atoms with Gasteiger partial charge in [0.2, 0.25) is 0 Å². The molecule has 0 amide bonds. The van der Waals surface area contributed by atoms with Gasteiger partial charge in [-0.05, 0) is 60.5 Å². The van der Waals surface area contributed by atoms with Crippen molar-refractivity contribution >= 4 is 5.97 Å². The van der Waals surface area contributed by atoms with E-state index in [1.165, 1.54) is 11.1 Å². The van der Waals surface area contributed by atoms with Gasteiger partial charge in [0, 0.05) is 32.6 Å². The van der Waals surface area contributed by atoms with Crippen molar-refractivity contribution in [3.05, 3.63) is 101 Å². The maximum atomic E-state index is 11.0. The molecule has 0 bridgehead atoms. The van der Waals surface area contributed by atoms with Crippen molar-refractivity contribution < 1.29 is 14.6 Å². The lowest BCUT2D eigenvalue weighted by atomic mass is 9.91. The molecule has 186 valence electrons. The smallest absolute Gasteiger partial charge is 0.335 e. The van der Waals surface area contributed by atoms with Crippen LogP contribution in [0.2, 0.25) is 0 Å². The molecule has 0 aliphatic rings. The number of hydrogen-bond acceptors (Lipinski definition) is 4. The summed E-state index contributed by atoms with van der Waals surface area (Å²) in [4.78, 5) is 15.7. The molecule has 0 unspecified atom stereocenters. The van der Waals surface area contributed by atoms with Crippen molar-refractivity contribution in [2.24, 2.45) is 5.41 Å². The zero-order chi connectivity index (χ0) is 25.3. The Balaban J connectivity index is 1.42. The minimum Gasteiger partial charge on any atom is -0.493 e. The van der Waals surface area contributed by atoms with Gasteiger partial charge >= 0.3 is 5.97 Å². The molecule has 3 rings (SSSR count). The van der Waals surface area contributed by atoms with Gasteiger partial charge in [-0.25, -0.2) is 4.79 Å². The molecule has 0 aliphatic carbocycles. The van der Waals surface area contributed by atoms with E-state index in [0.717, 1.165) is 43.9 Å². The van der Waals surface area contributed by atoms with Crippen molar-refractivity contribution in [2.75, 3.05) is 33.8 Å². The number of aromatic carboxylic acids is 1. The highest BCUT2D eigenvalue weighted by Crippen LogP contribution is 2.21. The Kier molecular flexibility index (Phi) is 9.47. The Labute approximate surface area is 210 Å². The van der Waals surface area contributed by atoms with Crippen LogP contribution < -0.4 is 4.74 Å². The van der Waals surface area contributed by atoms with E-state index in [4.69, 9.17) is 9.84 Å². The third-order valence-electron chi connectivity index (χ3n) is 5.93. The van der Waals surface area contributed by atoms with Crippen LogP contribution in [-0.2, 0) is 19.5 Å². The summed E-state index contributed by atoms with van der Waals surface area (Å²) in [6, 6.07) is 25.9. The maximum absolute atomic E-state index is 11.0. The predicted octanol–water partition coefficient (Wildman–Crippen LogP) is 5.60. The largest absolute Gasteiger partial charge is 0.493 e. The van der Waals surface area contributed by atoms with Gasteiger partial charge in [-0.3, -0.25) is 0 Å². The van der Waals surface area contributed by atoms with Gasteiger partial charge in [0.25, 0.3) is 0 Å². The summed E-state index contributed by atoms with van der Waals surface area (Å²) in [5, 5.41) is 9.07. The van der Waals surface area contributed by atoms with Crippen molar-refractivity contribution in [3.63, 3.8) is 0 Å². The summed E-state index contributed by atoms with van der Waals surface area (Å²) in [5.74, 6) is 0.0185. The van der Waals surface area contributed by atoms with Crippen molar-refractivity contribution in [3.8, 4) is 5.75 Å². The Hall–Kier alpha value is -3.15. The molecule has 0 radical (unpaired) electrons. The molecular formula is C30H38N2O3. The summed E-state index contributed by atoms with van der Waals surface area (Å²) in [6.07, 6.45) is 0.905. The molecule has 0 fully saturated rings. The monoisotopic (exact) mass is 474 g/mol. The average molecular weight is 475 g/mol. The van der Waals surface area contributed by atoms with Gasteiger partial charge in [-0.2, -0.15) is 0 Å². The Morgan fingerprint density at radius 1 is 0.771 bits per heavy atom. The summed E-state index contributed by atoms with van der Waals surface area (Å²) in [5.41, 5.74) is 4.10. The molecule has 0 saturated carbocycles. The van der Waals surface area contributed by atoms with Crippen molar-refractivity contribution in [1.29, 1.82) is 0 Å². The number of rotatable bonds is 13. The normalized spacial score (nSPS) is 11.7. The van der Waals surface area contributed by atoms with Gasteiger partial charge < -0.3 is 19.6 Å². The molecule has 35 heavy (non-hydrogen) atoms. The molecule has 0 aromatic heterocycles. The third-order valence-corrected chi connectivity index (χ3v) is 5.93. The Morgan fingerprint density at radius 2 is 1.29 bits per heavy atom. The first-order chi connectivity index (χ1) is 16.7. The number of carboxylic acids is 1. The first-order valence-corrected chi connectivity index (χ1v) is 12.2. The van der Waals surface area contributed by atoms with Crippen LogP contribution in [0.5, 0.6) is 5.75 Å². The lowest BCUT2D eigenvalue weighted by molar-refractivity contribution is 0.0697. The zero-order valence-electron chi connectivity index (χ0n) is 21.4. The van der Waals surface area contributed by atoms with E-state index in [1.54, 1.807) is 12.1 Å². The van der Waals surface area contributed by atoms with Gasteiger partial charge in [0.1, 0.15) is 5.75 Å². The highest BCUT2D eigenvalue weighted by Gasteiger charge is 2.22. The minimum absolute atomic E-state index is 0.102. The molecule has 0 spiro atoms. The molecule has 3 aromatic rings. The molecule has 0 saturated heterocycles. The van der Waals surface area contributed by atoms with Crippen LogP contribution >= 0.6 is 0 Å². The van der Waals surface area contributed by atoms with E-state index >= 15 is 0 Å². The fourth-order valence-electron chi connectivity index (χ4n) is 4.62. The number of hydrogen-bond donors (Lipinski definition) is 1. The summed E-state index contributed by atoms with van der Waals surface area (Å²) in [6.45, 7) is 8.83. The SMILES string of the molecule is CN(Cc1ccc(OCCc2ccccc2)cc1)CC(C)(C)CN(C)Cc1ccc(C(=O)O)cc1. The van der Waals surface area contributed by atoms with Crippen LogP contribution in [-0.4, -0.2) is 54.7 Å². The quantitative estimate of drug-likeness (QED) is 0.350. The average Bonchev–Trinajstić information content (AvgIpc) is 2.80. The number of carboxylic acid groups (broad SMARTS) is 1. The predicted molar refractivity (Wildman–Crippen MR) is 142 cm³/mol. The first-order valence-electron chi connectivity index (χ1n) is 12.2. The molecule has 3 aromatic carbocycles. The lowest BCUT2D eigenvalue weighted by Gasteiger charge is -2.34. The van der Waals surface area contributed by atoms with E-state index < -0.39 is 5.97 Å². The van der Waals surface area contributed by atoms with Gasteiger partial charge in [0.15, 0.2) is 0 Å². The fourth-order valence-corrected chi connectivity index (χ4v) is 4.62. The molecular weight excluding hydrogens is 436 g/mol. The molecule has 0 aliphatic heterocycles. The fraction of sp³-hybridized carbons (Fsp3) is 0.367. The second-order valence-electron chi connectivity index (χ2n) is 10.2. The van der Waals surface area contributed by atoms with Crippen molar-refractivity contribution in [2.45, 2.75) is 33.4 Å². The van der Waals surface area contributed by atoms with E-state index in [9.17, 15) is 4.79 Å². The zero-order valence-corrected chi connectivity index (χ0v) is 21.4. The molecule has 5 nitrogen and oxygen atoms in total. The van der Waals surface area contributed by atoms with E-state index in [2.05, 4.69) is 86.3 Å². The molecule has 5 heteroatoms. The van der Waals surface area contributed by atoms with Crippen LogP contribution in [0.15, 0.2) is 78.9 Å². The van der Waals surface area contributed by atoms with E-state index in [0.29, 0.717) is 12.2 Å². The highest BCUT2D eigenvalue weighted by molar-refractivity contribution is 5.87. The maximum Gasteiger partial charge on any atom is 0.335 e. The number of benzene rings is 3. The molecule has 0 heterocycles. The summed E-state index contributed by atoms with van der Waals surface area (Å²) < 4.78 is 5.91. The number of carbonyl (C=O) groups is 1. The van der Waals surface area contributed by atoms with Crippen LogP contribution in [0.1, 0.15) is 40.9 Å². The summed E-state index contributed by atoms with van der Waals surface area (Å²) >= 11 is 0.